The fraction of sp³-hybridized carbons (Fsp3) is 0.333. The SMILES string of the molecule is CC(=O)/C=C(/C)O.COc1ccc2nc(-c3[c-]c(C)cc(C)c3)c(C(C)(C)C)cc2c1.[Ir]. The van der Waals surface area contributed by atoms with Gasteiger partial charge in [0, 0.05) is 31.6 Å². The van der Waals surface area contributed by atoms with Crippen LogP contribution in [0.3, 0.4) is 0 Å². The zero-order valence-electron chi connectivity index (χ0n) is 20.1. The number of benzene rings is 2. The van der Waals surface area contributed by atoms with Crippen LogP contribution in [0.5, 0.6) is 5.75 Å². The molecule has 0 aliphatic heterocycles. The van der Waals surface area contributed by atoms with Crippen LogP contribution >= 0.6 is 0 Å². The first-order valence-corrected chi connectivity index (χ1v) is 10.3. The average molecular weight is 611 g/mol. The molecule has 0 bridgehead atoms. The van der Waals surface area contributed by atoms with Gasteiger partial charge in [-0.3, -0.25) is 9.78 Å². The van der Waals surface area contributed by atoms with E-state index in [1.807, 2.05) is 18.2 Å². The number of aliphatic hydroxyl groups excluding tert-OH is 1. The van der Waals surface area contributed by atoms with Crippen LogP contribution in [-0.4, -0.2) is 23.0 Å². The summed E-state index contributed by atoms with van der Waals surface area (Å²) in [5, 5.41) is 9.47. The number of aliphatic hydroxyl groups is 1. The van der Waals surface area contributed by atoms with Crippen molar-refractivity contribution in [2.45, 2.75) is 53.9 Å². The van der Waals surface area contributed by atoms with E-state index in [1.54, 1.807) is 7.11 Å². The van der Waals surface area contributed by atoms with Gasteiger partial charge in [0.2, 0.25) is 0 Å². The van der Waals surface area contributed by atoms with Gasteiger partial charge in [-0.05, 0) is 43.2 Å². The number of hydrogen-bond donors (Lipinski definition) is 1. The molecule has 1 radical (unpaired) electrons. The number of allylic oxidation sites excluding steroid dienone is 2. The maximum absolute atomic E-state index is 10.0. The van der Waals surface area contributed by atoms with E-state index < -0.39 is 0 Å². The molecule has 0 saturated heterocycles. The van der Waals surface area contributed by atoms with Crippen molar-refractivity contribution in [3.05, 3.63) is 71.0 Å². The molecule has 0 saturated carbocycles. The molecule has 2 aromatic carbocycles. The summed E-state index contributed by atoms with van der Waals surface area (Å²) in [6.45, 7) is 13.7. The number of hydrogen-bond acceptors (Lipinski definition) is 4. The Morgan fingerprint density at radius 1 is 1.09 bits per heavy atom. The third kappa shape index (κ3) is 7.58. The van der Waals surface area contributed by atoms with Crippen molar-refractivity contribution in [3.8, 4) is 17.0 Å². The van der Waals surface area contributed by atoms with Crippen molar-refractivity contribution < 1.29 is 34.7 Å². The van der Waals surface area contributed by atoms with Gasteiger partial charge >= 0.3 is 0 Å². The van der Waals surface area contributed by atoms with E-state index in [9.17, 15) is 4.79 Å². The van der Waals surface area contributed by atoms with Gasteiger partial charge < -0.3 is 9.84 Å². The summed E-state index contributed by atoms with van der Waals surface area (Å²) in [5.74, 6) is 0.794. The smallest absolute Gasteiger partial charge is 0.155 e. The Bertz CT molecular complexity index is 1100. The Morgan fingerprint density at radius 2 is 1.75 bits per heavy atom. The molecule has 0 fully saturated rings. The van der Waals surface area contributed by atoms with E-state index in [1.165, 1.54) is 31.1 Å². The number of rotatable bonds is 3. The molecular formula is C27H32IrNO3-. The zero-order valence-corrected chi connectivity index (χ0v) is 22.5. The molecule has 173 valence electrons. The molecule has 0 spiro atoms. The minimum atomic E-state index is -0.125. The number of fused-ring (bicyclic) bond motifs is 1. The summed E-state index contributed by atoms with van der Waals surface area (Å²) in [5.41, 5.74) is 6.66. The molecule has 1 aromatic heterocycles. The van der Waals surface area contributed by atoms with Crippen molar-refractivity contribution in [1.29, 1.82) is 0 Å². The Labute approximate surface area is 205 Å². The monoisotopic (exact) mass is 611 g/mol. The maximum atomic E-state index is 10.0. The number of aryl methyl sites for hydroxylation is 2. The molecule has 1 N–H and O–H groups in total. The molecule has 5 heteroatoms. The van der Waals surface area contributed by atoms with Crippen LogP contribution in [0.25, 0.3) is 22.2 Å². The average Bonchev–Trinajstić information content (AvgIpc) is 2.64. The maximum Gasteiger partial charge on any atom is 0.155 e. The number of ether oxygens (including phenoxy) is 1. The zero-order chi connectivity index (χ0) is 23.3. The molecule has 0 aliphatic carbocycles. The molecular weight excluding hydrogens is 579 g/mol. The molecule has 32 heavy (non-hydrogen) atoms. The van der Waals surface area contributed by atoms with E-state index in [0.29, 0.717) is 0 Å². The summed E-state index contributed by atoms with van der Waals surface area (Å²) in [7, 11) is 1.69. The number of nitrogens with zero attached hydrogens (tertiary/aromatic N) is 1. The molecule has 3 aromatic rings. The van der Waals surface area contributed by atoms with Crippen molar-refractivity contribution in [3.63, 3.8) is 0 Å². The van der Waals surface area contributed by atoms with Gasteiger partial charge in [-0.25, -0.2) is 0 Å². The summed E-state index contributed by atoms with van der Waals surface area (Å²) in [4.78, 5) is 15.0. The van der Waals surface area contributed by atoms with E-state index >= 15 is 0 Å². The molecule has 0 atom stereocenters. The summed E-state index contributed by atoms with van der Waals surface area (Å²) in [6.07, 6.45) is 1.17. The van der Waals surface area contributed by atoms with E-state index in [2.05, 4.69) is 58.9 Å². The first-order chi connectivity index (χ1) is 14.4. The van der Waals surface area contributed by atoms with Crippen molar-refractivity contribution in [1.82, 2.24) is 4.98 Å². The number of methoxy groups -OCH3 is 1. The number of carbonyl (C=O) groups is 1. The fourth-order valence-corrected chi connectivity index (χ4v) is 3.38. The number of aromatic nitrogens is 1. The largest absolute Gasteiger partial charge is 0.512 e. The minimum Gasteiger partial charge on any atom is -0.512 e. The Kier molecular flexibility index (Phi) is 9.81. The Hall–Kier alpha value is -2.49. The topological polar surface area (TPSA) is 59.4 Å². The normalized spacial score (nSPS) is 11.3. The van der Waals surface area contributed by atoms with Crippen LogP contribution in [0.2, 0.25) is 0 Å². The predicted molar refractivity (Wildman–Crippen MR) is 128 cm³/mol. The van der Waals surface area contributed by atoms with E-state index in [4.69, 9.17) is 14.8 Å². The van der Waals surface area contributed by atoms with Gasteiger partial charge in [0.1, 0.15) is 5.75 Å². The third-order valence-electron chi connectivity index (χ3n) is 4.65. The summed E-state index contributed by atoms with van der Waals surface area (Å²) < 4.78 is 5.36. The number of ketones is 1. The molecule has 1 heterocycles. The quantitative estimate of drug-likeness (QED) is 0.205. The second kappa shape index (κ2) is 11.4. The molecule has 0 amide bonds. The molecule has 0 aliphatic rings. The van der Waals surface area contributed by atoms with Gasteiger partial charge in [-0.1, -0.05) is 46.2 Å². The number of pyridine rings is 1. The van der Waals surface area contributed by atoms with Crippen molar-refractivity contribution in [2.24, 2.45) is 0 Å². The van der Waals surface area contributed by atoms with E-state index in [0.717, 1.165) is 33.5 Å². The van der Waals surface area contributed by atoms with Gasteiger partial charge in [0.25, 0.3) is 0 Å². The van der Waals surface area contributed by atoms with Crippen LogP contribution in [0.4, 0.5) is 0 Å². The van der Waals surface area contributed by atoms with E-state index in [-0.39, 0.29) is 37.1 Å². The Balaban J connectivity index is 0.000000558. The van der Waals surface area contributed by atoms with Crippen molar-refractivity contribution in [2.75, 3.05) is 7.11 Å². The standard InChI is InChI=1S/C22H24NO.C5H8O2.Ir/c1-14-9-15(2)11-17(10-14)21-19(22(3,4)5)13-16-12-18(24-6)7-8-20(16)23-21;1-4(6)3-5(2)7;/h7-10,12-13H,1-6H3;3,6H,1-2H3;/q-1;;/b;4-3-;. The predicted octanol–water partition coefficient (Wildman–Crippen LogP) is 6.66. The third-order valence-corrected chi connectivity index (χ3v) is 4.65. The Morgan fingerprint density at radius 3 is 2.22 bits per heavy atom. The molecule has 4 nitrogen and oxygen atoms in total. The second-order valence-electron chi connectivity index (χ2n) is 8.84. The van der Waals surface area contributed by atoms with Crippen LogP contribution in [0, 0.1) is 19.9 Å². The van der Waals surface area contributed by atoms with Gasteiger partial charge in [-0.15, -0.1) is 34.9 Å². The summed E-state index contributed by atoms with van der Waals surface area (Å²) >= 11 is 0. The first-order valence-electron chi connectivity index (χ1n) is 10.3. The van der Waals surface area contributed by atoms with Gasteiger partial charge in [0.05, 0.1) is 18.4 Å². The molecule has 3 rings (SSSR count). The first kappa shape index (κ1) is 27.5. The van der Waals surface area contributed by atoms with Gasteiger partial charge in [-0.2, -0.15) is 0 Å². The van der Waals surface area contributed by atoms with Crippen LogP contribution in [0.15, 0.2) is 48.2 Å². The fourth-order valence-electron chi connectivity index (χ4n) is 3.38. The van der Waals surface area contributed by atoms with Gasteiger partial charge in [0.15, 0.2) is 5.78 Å². The summed E-state index contributed by atoms with van der Waals surface area (Å²) in [6, 6.07) is 16.1. The van der Waals surface area contributed by atoms with Crippen molar-refractivity contribution >= 4 is 16.7 Å². The van der Waals surface area contributed by atoms with Crippen LogP contribution in [0.1, 0.15) is 51.3 Å². The van der Waals surface area contributed by atoms with Crippen LogP contribution < -0.4 is 4.74 Å². The second-order valence-corrected chi connectivity index (χ2v) is 8.84. The van der Waals surface area contributed by atoms with Crippen LogP contribution in [-0.2, 0) is 30.3 Å². The molecule has 0 unspecified atom stereocenters. The minimum absolute atomic E-state index is 0. The number of carbonyl (C=O) groups excluding carboxylic acids is 1.